The number of tetrazole rings is 1. The molecule has 0 spiro atoms. The lowest BCUT2D eigenvalue weighted by molar-refractivity contribution is 0.274. The minimum Gasteiger partial charge on any atom is -0.396 e. The molecular weight excluding hydrogens is 302 g/mol. The van der Waals surface area contributed by atoms with Crippen molar-refractivity contribution in [2.75, 3.05) is 6.61 Å². The van der Waals surface area contributed by atoms with Gasteiger partial charge in [-0.2, -0.15) is 4.68 Å². The molecule has 2 aromatic carbocycles. The molecule has 1 heterocycles. The second kappa shape index (κ2) is 8.33. The predicted molar refractivity (Wildman–Crippen MR) is 91.5 cm³/mol. The number of nitrogens with zero attached hydrogens (tertiary/aromatic N) is 4. The first-order valence-corrected chi connectivity index (χ1v) is 8.10. The molecule has 24 heavy (non-hydrogen) atoms. The monoisotopic (exact) mass is 323 g/mol. The second-order valence-corrected chi connectivity index (χ2v) is 5.55. The van der Waals surface area contributed by atoms with Crippen LogP contribution in [0.5, 0.6) is 0 Å². The van der Waals surface area contributed by atoms with Crippen LogP contribution in [0.3, 0.4) is 0 Å². The number of aliphatic hydroxyl groups is 1. The van der Waals surface area contributed by atoms with Gasteiger partial charge < -0.3 is 10.4 Å². The third kappa shape index (κ3) is 4.04. The number of hydrogen-bond donors (Lipinski definition) is 2. The number of benzene rings is 2. The van der Waals surface area contributed by atoms with Crippen molar-refractivity contribution < 1.29 is 5.11 Å². The highest BCUT2D eigenvalue weighted by atomic mass is 16.2. The summed E-state index contributed by atoms with van der Waals surface area (Å²) in [6.07, 6.45) is 1.60. The van der Waals surface area contributed by atoms with Crippen molar-refractivity contribution in [2.24, 2.45) is 0 Å². The lowest BCUT2D eigenvalue weighted by Gasteiger charge is -2.18. The van der Waals surface area contributed by atoms with Gasteiger partial charge in [0.2, 0.25) is 0 Å². The van der Waals surface area contributed by atoms with Gasteiger partial charge in [0.25, 0.3) is 0 Å². The van der Waals surface area contributed by atoms with Crippen LogP contribution in [0.2, 0.25) is 0 Å². The zero-order valence-corrected chi connectivity index (χ0v) is 13.4. The normalized spacial score (nSPS) is 12.2. The van der Waals surface area contributed by atoms with Gasteiger partial charge in [0.1, 0.15) is 0 Å². The first-order valence-electron chi connectivity index (χ1n) is 8.10. The van der Waals surface area contributed by atoms with E-state index in [1.807, 2.05) is 48.5 Å². The fraction of sp³-hybridized carbons (Fsp3) is 0.278. The van der Waals surface area contributed by atoms with Crippen LogP contribution < -0.4 is 5.32 Å². The standard InChI is InChI=1S/C18H21N5O/c24-13-7-12-17(15-8-3-1-4-9-15)19-14-18-20-21-22-23(18)16-10-5-2-6-11-16/h1-6,8-11,17,19,24H,7,12-14H2. The lowest BCUT2D eigenvalue weighted by atomic mass is 10.0. The van der Waals surface area contributed by atoms with Gasteiger partial charge in [0.15, 0.2) is 5.82 Å². The topological polar surface area (TPSA) is 75.9 Å². The van der Waals surface area contributed by atoms with Crippen molar-refractivity contribution in [3.63, 3.8) is 0 Å². The summed E-state index contributed by atoms with van der Waals surface area (Å²) in [5.74, 6) is 0.756. The molecule has 0 amide bonds. The smallest absolute Gasteiger partial charge is 0.170 e. The summed E-state index contributed by atoms with van der Waals surface area (Å²) in [6.45, 7) is 0.736. The van der Waals surface area contributed by atoms with Crippen molar-refractivity contribution in [2.45, 2.75) is 25.4 Å². The molecule has 1 atom stereocenters. The van der Waals surface area contributed by atoms with Gasteiger partial charge in [-0.1, -0.05) is 48.5 Å². The molecule has 3 aromatic rings. The van der Waals surface area contributed by atoms with Gasteiger partial charge in [-0.05, 0) is 41.0 Å². The molecular formula is C18H21N5O. The molecule has 2 N–H and O–H groups in total. The minimum atomic E-state index is 0.152. The van der Waals surface area contributed by atoms with Gasteiger partial charge in [0, 0.05) is 12.6 Å². The molecule has 0 saturated carbocycles. The quantitative estimate of drug-likeness (QED) is 0.665. The predicted octanol–water partition coefficient (Wildman–Crippen LogP) is 2.27. The summed E-state index contributed by atoms with van der Waals surface area (Å²) < 4.78 is 1.74. The molecule has 0 aliphatic heterocycles. The van der Waals surface area contributed by atoms with Crippen LogP contribution in [0.4, 0.5) is 0 Å². The largest absolute Gasteiger partial charge is 0.396 e. The molecule has 0 aliphatic rings. The molecule has 1 unspecified atom stereocenters. The Balaban J connectivity index is 1.72. The average molecular weight is 323 g/mol. The van der Waals surface area contributed by atoms with Crippen LogP contribution in [0.1, 0.15) is 30.3 Å². The summed E-state index contributed by atoms with van der Waals surface area (Å²) in [4.78, 5) is 0. The van der Waals surface area contributed by atoms with Gasteiger partial charge in [0.05, 0.1) is 12.2 Å². The van der Waals surface area contributed by atoms with Crippen molar-refractivity contribution in [3.05, 3.63) is 72.1 Å². The molecule has 1 aromatic heterocycles. The summed E-state index contributed by atoms with van der Waals surface area (Å²) in [5, 5.41) is 24.6. The van der Waals surface area contributed by atoms with Crippen LogP contribution >= 0.6 is 0 Å². The van der Waals surface area contributed by atoms with Crippen LogP contribution in [-0.2, 0) is 6.54 Å². The van der Waals surface area contributed by atoms with Gasteiger partial charge >= 0.3 is 0 Å². The molecule has 0 aliphatic carbocycles. The Kier molecular flexibility index (Phi) is 5.65. The molecule has 0 saturated heterocycles. The summed E-state index contributed by atoms with van der Waals surface area (Å²) in [7, 11) is 0. The maximum absolute atomic E-state index is 9.14. The fourth-order valence-electron chi connectivity index (χ4n) is 2.67. The Bertz CT molecular complexity index is 729. The van der Waals surface area contributed by atoms with E-state index in [1.165, 1.54) is 5.56 Å². The van der Waals surface area contributed by atoms with E-state index < -0.39 is 0 Å². The average Bonchev–Trinajstić information content (AvgIpc) is 3.12. The molecule has 0 fully saturated rings. The van der Waals surface area contributed by atoms with E-state index in [9.17, 15) is 0 Å². The van der Waals surface area contributed by atoms with Crippen LogP contribution in [0.25, 0.3) is 5.69 Å². The molecule has 124 valence electrons. The molecule has 3 rings (SSSR count). The number of aliphatic hydroxyl groups excluding tert-OH is 1. The van der Waals surface area contributed by atoms with Crippen LogP contribution in [0.15, 0.2) is 60.7 Å². The van der Waals surface area contributed by atoms with Crippen molar-refractivity contribution in [3.8, 4) is 5.69 Å². The van der Waals surface area contributed by atoms with E-state index in [1.54, 1.807) is 4.68 Å². The highest BCUT2D eigenvalue weighted by molar-refractivity contribution is 5.30. The first kappa shape index (κ1) is 16.3. The molecule has 6 nitrogen and oxygen atoms in total. The van der Waals surface area contributed by atoms with E-state index in [-0.39, 0.29) is 12.6 Å². The van der Waals surface area contributed by atoms with Crippen molar-refractivity contribution in [1.29, 1.82) is 0 Å². The number of nitrogens with one attached hydrogen (secondary N) is 1. The van der Waals surface area contributed by atoms with E-state index >= 15 is 0 Å². The summed E-state index contributed by atoms with van der Waals surface area (Å²) in [5.41, 5.74) is 2.13. The fourth-order valence-corrected chi connectivity index (χ4v) is 2.67. The summed E-state index contributed by atoms with van der Waals surface area (Å²) in [6, 6.07) is 20.2. The van der Waals surface area contributed by atoms with E-state index in [2.05, 4.69) is 33.0 Å². The SMILES string of the molecule is OCCCC(NCc1nnnn1-c1ccccc1)c1ccccc1. The zero-order valence-electron chi connectivity index (χ0n) is 13.4. The van der Waals surface area contributed by atoms with Crippen LogP contribution in [-0.4, -0.2) is 31.9 Å². The van der Waals surface area contributed by atoms with E-state index in [4.69, 9.17) is 5.11 Å². The maximum Gasteiger partial charge on any atom is 0.170 e. The lowest BCUT2D eigenvalue weighted by Crippen LogP contribution is -2.23. The Hall–Kier alpha value is -2.57. The van der Waals surface area contributed by atoms with Crippen LogP contribution in [0, 0.1) is 0 Å². The number of rotatable bonds is 8. The Morgan fingerprint density at radius 1 is 1.00 bits per heavy atom. The van der Waals surface area contributed by atoms with E-state index in [0.717, 1.165) is 24.4 Å². The second-order valence-electron chi connectivity index (χ2n) is 5.55. The number of aromatic nitrogens is 4. The molecule has 0 bridgehead atoms. The Morgan fingerprint density at radius 3 is 2.42 bits per heavy atom. The van der Waals surface area contributed by atoms with E-state index in [0.29, 0.717) is 6.54 Å². The highest BCUT2D eigenvalue weighted by Crippen LogP contribution is 2.19. The third-order valence-corrected chi connectivity index (χ3v) is 3.89. The van der Waals surface area contributed by atoms with Crippen molar-refractivity contribution >= 4 is 0 Å². The third-order valence-electron chi connectivity index (χ3n) is 3.89. The van der Waals surface area contributed by atoms with Gasteiger partial charge in [-0.3, -0.25) is 0 Å². The van der Waals surface area contributed by atoms with Gasteiger partial charge in [-0.25, -0.2) is 0 Å². The Labute approximate surface area is 141 Å². The first-order chi connectivity index (χ1) is 11.9. The molecule has 0 radical (unpaired) electrons. The maximum atomic E-state index is 9.14. The minimum absolute atomic E-state index is 0.152. The van der Waals surface area contributed by atoms with Crippen molar-refractivity contribution in [1.82, 2.24) is 25.5 Å². The molecule has 6 heteroatoms. The highest BCUT2D eigenvalue weighted by Gasteiger charge is 2.13. The number of para-hydroxylation sites is 1. The van der Waals surface area contributed by atoms with Gasteiger partial charge in [-0.15, -0.1) is 5.10 Å². The Morgan fingerprint density at radius 2 is 1.71 bits per heavy atom. The zero-order chi connectivity index (χ0) is 16.6. The number of hydrogen-bond acceptors (Lipinski definition) is 5. The summed E-state index contributed by atoms with van der Waals surface area (Å²) >= 11 is 0.